The summed E-state index contributed by atoms with van der Waals surface area (Å²) < 4.78 is 6.23. The van der Waals surface area contributed by atoms with E-state index in [1.807, 2.05) is 0 Å². The van der Waals surface area contributed by atoms with Gasteiger partial charge in [0, 0.05) is 10.4 Å². The van der Waals surface area contributed by atoms with Crippen LogP contribution in [-0.4, -0.2) is 27.0 Å². The minimum Gasteiger partial charge on any atom is -0.497 e. The summed E-state index contributed by atoms with van der Waals surface area (Å²) in [6, 6.07) is 11.8. The number of nitrogens with one attached hydrogen (secondary N) is 1. The fraction of sp³-hybridized carbons (Fsp3) is 0.105. The minimum atomic E-state index is -0.594. The van der Waals surface area contributed by atoms with Crippen LogP contribution in [0.2, 0.25) is 5.02 Å². The third-order valence-corrected chi connectivity index (χ3v) is 4.55. The normalized spacial score (nSPS) is 11.2. The Kier molecular flexibility index (Phi) is 4.08. The summed E-state index contributed by atoms with van der Waals surface area (Å²) in [5.74, 6) is 0.192. The molecule has 0 unspecified atom stereocenters. The molecule has 2 heterocycles. The molecule has 0 radical (unpaired) electrons. The quantitative estimate of drug-likeness (QED) is 0.530. The predicted octanol–water partition coefficient (Wildman–Crippen LogP) is 2.65. The fourth-order valence-electron chi connectivity index (χ4n) is 3.02. The Labute approximate surface area is 157 Å². The Hall–Kier alpha value is -3.32. The van der Waals surface area contributed by atoms with Crippen LogP contribution >= 0.6 is 11.6 Å². The Morgan fingerprint density at radius 2 is 2.04 bits per heavy atom. The number of aromatic amines is 1. The molecule has 7 nitrogen and oxygen atoms in total. The molecule has 4 rings (SSSR count). The number of pyridine rings is 1. The van der Waals surface area contributed by atoms with Crippen molar-refractivity contribution < 1.29 is 9.84 Å². The third-order valence-electron chi connectivity index (χ3n) is 4.32. The summed E-state index contributed by atoms with van der Waals surface area (Å²) in [4.78, 5) is 28.6. The van der Waals surface area contributed by atoms with Crippen molar-refractivity contribution in [2.24, 2.45) is 0 Å². The van der Waals surface area contributed by atoms with Crippen molar-refractivity contribution in [3.63, 3.8) is 0 Å². The molecule has 2 aromatic carbocycles. The van der Waals surface area contributed by atoms with Gasteiger partial charge in [0.2, 0.25) is 5.43 Å². The standard InChI is InChI=1S/C19H14ClN3O4/c1-27-12-4-2-3-10(7-12)9-23-19(26)15-16(18(25)22-23)21-14-8-11(20)5-6-13(14)17(15)24/h2-8H,9H2,1H3,(H,21,24)(H,22,25). The van der Waals surface area contributed by atoms with Crippen LogP contribution in [0.15, 0.2) is 52.1 Å². The molecule has 0 saturated heterocycles. The molecule has 0 aliphatic heterocycles. The Morgan fingerprint density at radius 3 is 2.81 bits per heavy atom. The van der Waals surface area contributed by atoms with Gasteiger partial charge >= 0.3 is 0 Å². The monoisotopic (exact) mass is 383 g/mol. The van der Waals surface area contributed by atoms with E-state index < -0.39 is 16.9 Å². The number of aromatic nitrogens is 3. The summed E-state index contributed by atoms with van der Waals surface area (Å²) in [6.07, 6.45) is 0. The second-order valence-electron chi connectivity index (χ2n) is 6.03. The average molecular weight is 384 g/mol. The molecule has 0 amide bonds. The first-order chi connectivity index (χ1) is 13.0. The van der Waals surface area contributed by atoms with Crippen molar-refractivity contribution in [1.82, 2.24) is 14.8 Å². The van der Waals surface area contributed by atoms with Gasteiger partial charge in [0.05, 0.1) is 19.2 Å². The zero-order valence-electron chi connectivity index (χ0n) is 14.2. The molecule has 8 heteroatoms. The van der Waals surface area contributed by atoms with Crippen LogP contribution in [0.4, 0.5) is 0 Å². The largest absolute Gasteiger partial charge is 0.497 e. The zero-order valence-corrected chi connectivity index (χ0v) is 14.9. The van der Waals surface area contributed by atoms with E-state index in [1.165, 1.54) is 0 Å². The van der Waals surface area contributed by atoms with Crippen LogP contribution in [0.5, 0.6) is 11.6 Å². The van der Waals surface area contributed by atoms with Gasteiger partial charge in [0.15, 0.2) is 0 Å². The van der Waals surface area contributed by atoms with Crippen LogP contribution in [0.25, 0.3) is 21.8 Å². The number of halogens is 1. The van der Waals surface area contributed by atoms with Gasteiger partial charge < -0.3 is 14.8 Å². The van der Waals surface area contributed by atoms with E-state index in [2.05, 4.69) is 10.1 Å². The molecule has 2 aromatic heterocycles. The number of nitrogens with zero attached hydrogens (tertiary/aromatic N) is 2. The number of hydrogen-bond acceptors (Lipinski definition) is 5. The number of benzene rings is 2. The summed E-state index contributed by atoms with van der Waals surface area (Å²) in [7, 11) is 1.54. The number of rotatable bonds is 3. The van der Waals surface area contributed by atoms with Gasteiger partial charge in [-0.1, -0.05) is 23.7 Å². The van der Waals surface area contributed by atoms with E-state index in [4.69, 9.17) is 16.3 Å². The molecule has 27 heavy (non-hydrogen) atoms. The lowest BCUT2D eigenvalue weighted by atomic mass is 10.1. The summed E-state index contributed by atoms with van der Waals surface area (Å²) in [5.41, 5.74) is 0.0663. The molecular weight excluding hydrogens is 370 g/mol. The minimum absolute atomic E-state index is 0.0124. The van der Waals surface area contributed by atoms with E-state index in [9.17, 15) is 14.7 Å². The second-order valence-corrected chi connectivity index (χ2v) is 6.47. The average Bonchev–Trinajstić information content (AvgIpc) is 2.65. The van der Waals surface area contributed by atoms with Crippen molar-refractivity contribution in [3.8, 4) is 11.6 Å². The molecule has 0 atom stereocenters. The molecule has 0 aliphatic rings. The van der Waals surface area contributed by atoms with Crippen LogP contribution in [-0.2, 0) is 6.54 Å². The van der Waals surface area contributed by atoms with E-state index in [1.54, 1.807) is 49.6 Å². The van der Waals surface area contributed by atoms with Crippen molar-refractivity contribution >= 4 is 33.4 Å². The van der Waals surface area contributed by atoms with Crippen molar-refractivity contribution in [3.05, 3.63) is 73.6 Å². The predicted molar refractivity (Wildman–Crippen MR) is 103 cm³/mol. The lowest BCUT2D eigenvalue weighted by Crippen LogP contribution is -2.28. The molecular formula is C19H14ClN3O4. The van der Waals surface area contributed by atoms with Crippen molar-refractivity contribution in [2.45, 2.75) is 6.54 Å². The first kappa shape index (κ1) is 17.1. The molecule has 136 valence electrons. The maximum Gasteiger partial charge on any atom is 0.280 e. The van der Waals surface area contributed by atoms with Crippen molar-refractivity contribution in [1.29, 1.82) is 0 Å². The van der Waals surface area contributed by atoms with E-state index in [0.29, 0.717) is 21.7 Å². The van der Waals surface area contributed by atoms with E-state index in [0.717, 1.165) is 10.2 Å². The highest BCUT2D eigenvalue weighted by Crippen LogP contribution is 2.21. The lowest BCUT2D eigenvalue weighted by Gasteiger charge is -2.10. The van der Waals surface area contributed by atoms with Gasteiger partial charge in [-0.2, -0.15) is 0 Å². The maximum absolute atomic E-state index is 12.9. The number of aromatic hydroxyl groups is 1. The topological polar surface area (TPSA) is 97.2 Å². The first-order valence-electron chi connectivity index (χ1n) is 8.06. The Balaban J connectivity index is 1.96. The zero-order chi connectivity index (χ0) is 19.1. The van der Waals surface area contributed by atoms with E-state index in [-0.39, 0.29) is 17.4 Å². The Bertz CT molecular complexity index is 1310. The smallest absolute Gasteiger partial charge is 0.280 e. The SMILES string of the molecule is COc1cccc(Cn2nc(O)c3[nH]c4cc(Cl)ccc4c(=O)c3c2=O)c1. The molecule has 0 bridgehead atoms. The van der Waals surface area contributed by atoms with Gasteiger partial charge in [-0.05, 0) is 35.9 Å². The number of hydrogen-bond donors (Lipinski definition) is 2. The van der Waals surface area contributed by atoms with Crippen molar-refractivity contribution in [2.75, 3.05) is 7.11 Å². The highest BCUT2D eigenvalue weighted by molar-refractivity contribution is 6.31. The molecule has 0 fully saturated rings. The van der Waals surface area contributed by atoms with Crippen LogP contribution in [0.3, 0.4) is 0 Å². The van der Waals surface area contributed by atoms with Crippen LogP contribution < -0.4 is 15.7 Å². The third kappa shape index (κ3) is 2.92. The van der Waals surface area contributed by atoms with Gasteiger partial charge in [0.1, 0.15) is 16.7 Å². The lowest BCUT2D eigenvalue weighted by molar-refractivity contribution is 0.413. The molecule has 0 spiro atoms. The van der Waals surface area contributed by atoms with Gasteiger partial charge in [-0.3, -0.25) is 9.59 Å². The summed E-state index contributed by atoms with van der Waals surface area (Å²) in [5, 5.41) is 14.8. The molecule has 2 N–H and O–H groups in total. The van der Waals surface area contributed by atoms with Crippen LogP contribution in [0, 0.1) is 0 Å². The van der Waals surface area contributed by atoms with Crippen LogP contribution in [0.1, 0.15) is 5.56 Å². The van der Waals surface area contributed by atoms with Gasteiger partial charge in [-0.15, -0.1) is 5.10 Å². The Morgan fingerprint density at radius 1 is 1.22 bits per heavy atom. The van der Waals surface area contributed by atoms with Gasteiger partial charge in [-0.25, -0.2) is 4.68 Å². The molecule has 0 saturated carbocycles. The fourth-order valence-corrected chi connectivity index (χ4v) is 3.20. The number of H-pyrrole nitrogens is 1. The maximum atomic E-state index is 12.9. The summed E-state index contributed by atoms with van der Waals surface area (Å²) in [6.45, 7) is 0.0810. The first-order valence-corrected chi connectivity index (χ1v) is 8.44. The van der Waals surface area contributed by atoms with Gasteiger partial charge in [0.25, 0.3) is 11.4 Å². The summed E-state index contributed by atoms with van der Waals surface area (Å²) >= 11 is 5.96. The number of ether oxygens (including phenoxy) is 1. The molecule has 4 aromatic rings. The highest BCUT2D eigenvalue weighted by atomic mass is 35.5. The molecule has 0 aliphatic carbocycles. The second kappa shape index (κ2) is 6.44. The number of methoxy groups -OCH3 is 1. The highest BCUT2D eigenvalue weighted by Gasteiger charge is 2.16. The van der Waals surface area contributed by atoms with E-state index >= 15 is 0 Å². The number of fused-ring (bicyclic) bond motifs is 2.